The molecule has 1 saturated carbocycles. The van der Waals surface area contributed by atoms with Crippen molar-refractivity contribution in [1.29, 1.82) is 0 Å². The fourth-order valence-corrected chi connectivity index (χ4v) is 3.63. The van der Waals surface area contributed by atoms with Gasteiger partial charge < -0.3 is 16.1 Å². The first kappa shape index (κ1) is 25.6. The molecule has 3 heteroatoms. The van der Waals surface area contributed by atoms with Gasteiger partial charge in [0.25, 0.3) is 0 Å². The summed E-state index contributed by atoms with van der Waals surface area (Å²) in [7, 11) is 0. The Labute approximate surface area is 167 Å². The number of rotatable bonds is 1. The van der Waals surface area contributed by atoms with Crippen molar-refractivity contribution in [2.24, 2.45) is 11.8 Å². The summed E-state index contributed by atoms with van der Waals surface area (Å²) in [5, 5.41) is 10.1. The fraction of sp³-hybridized carbons (Fsp3) is 0.583. The van der Waals surface area contributed by atoms with E-state index in [1.165, 1.54) is 40.7 Å². The number of hydrogen-bond donors (Lipinski definition) is 1. The van der Waals surface area contributed by atoms with Crippen molar-refractivity contribution in [3.8, 4) is 0 Å². The fourth-order valence-electron chi connectivity index (χ4n) is 3.63. The lowest BCUT2D eigenvalue weighted by molar-refractivity contribution is 0.180. The zero-order chi connectivity index (χ0) is 18.6. The van der Waals surface area contributed by atoms with E-state index in [0.29, 0.717) is 0 Å². The first-order chi connectivity index (χ1) is 12.0. The molecule has 0 saturated heterocycles. The van der Waals surface area contributed by atoms with Gasteiger partial charge in [0.05, 0.1) is 6.10 Å². The third-order valence-corrected chi connectivity index (χ3v) is 4.94. The molecule has 3 aliphatic rings. The second-order valence-corrected chi connectivity index (χ2v) is 7.96. The van der Waals surface area contributed by atoms with E-state index in [1.807, 2.05) is 13.8 Å². The predicted molar refractivity (Wildman–Crippen MR) is 120 cm³/mol. The molecule has 1 atom stereocenters. The van der Waals surface area contributed by atoms with Gasteiger partial charge in [-0.1, -0.05) is 58.4 Å². The van der Waals surface area contributed by atoms with Gasteiger partial charge in [0, 0.05) is 1.43 Å². The van der Waals surface area contributed by atoms with Crippen molar-refractivity contribution in [3.63, 3.8) is 0 Å². The molecule has 1 aromatic carbocycles. The van der Waals surface area contributed by atoms with Crippen LogP contribution in [0.25, 0.3) is 12.2 Å². The quantitative estimate of drug-likeness (QED) is 0.690. The minimum atomic E-state index is -0.248. The van der Waals surface area contributed by atoms with Crippen LogP contribution in [0.15, 0.2) is 17.7 Å². The third kappa shape index (κ3) is 6.31. The summed E-state index contributed by atoms with van der Waals surface area (Å²) in [6, 6.07) is 2.22. The van der Waals surface area contributed by atoms with Crippen molar-refractivity contribution in [1.82, 2.24) is 0 Å². The second kappa shape index (κ2) is 11.4. The maximum absolute atomic E-state index is 10.1. The predicted octanol–water partition coefficient (Wildman–Crippen LogP) is 5.47. The summed E-state index contributed by atoms with van der Waals surface area (Å²) < 4.78 is 0. The third-order valence-electron chi connectivity index (χ3n) is 4.94. The van der Waals surface area contributed by atoms with Gasteiger partial charge in [-0.25, -0.2) is 0 Å². The van der Waals surface area contributed by atoms with Crippen molar-refractivity contribution < 1.29 is 17.5 Å². The van der Waals surface area contributed by atoms with Crippen molar-refractivity contribution in [2.45, 2.75) is 79.8 Å². The Kier molecular flexibility index (Phi) is 10.8. The molecule has 3 nitrogen and oxygen atoms in total. The Morgan fingerprint density at radius 3 is 2.22 bits per heavy atom. The highest BCUT2D eigenvalue weighted by Gasteiger charge is 2.28. The van der Waals surface area contributed by atoms with Crippen LogP contribution < -0.4 is 0 Å². The molecule has 0 aliphatic heterocycles. The van der Waals surface area contributed by atoms with Crippen LogP contribution in [-0.4, -0.2) is 16.1 Å². The van der Waals surface area contributed by atoms with Gasteiger partial charge in [-0.3, -0.25) is 0 Å². The van der Waals surface area contributed by atoms with Crippen LogP contribution in [0, 0.1) is 18.8 Å². The van der Waals surface area contributed by atoms with Crippen molar-refractivity contribution >= 4 is 12.2 Å². The molecule has 0 aromatic heterocycles. The summed E-state index contributed by atoms with van der Waals surface area (Å²) in [5.41, 5.74) is 8.28. The van der Waals surface area contributed by atoms with Gasteiger partial charge in [-0.2, -0.15) is 0 Å². The zero-order valence-electron chi connectivity index (χ0n) is 18.0. The van der Waals surface area contributed by atoms with Gasteiger partial charge in [-0.15, -0.1) is 0 Å². The maximum Gasteiger partial charge on any atom is 0.0796 e. The molecule has 0 spiro atoms. The number of allylic oxidation sites excluding steroid dienone is 2. The summed E-state index contributed by atoms with van der Waals surface area (Å²) in [5.74, 6) is 1.67. The van der Waals surface area contributed by atoms with Gasteiger partial charge in [0.2, 0.25) is 0 Å². The minimum absolute atomic E-state index is 0. The molecule has 1 fully saturated rings. The van der Waals surface area contributed by atoms with E-state index in [1.54, 1.807) is 5.57 Å². The van der Waals surface area contributed by atoms with Gasteiger partial charge >= 0.3 is 0 Å². The summed E-state index contributed by atoms with van der Waals surface area (Å²) >= 11 is 0. The molecule has 0 heterocycles. The highest BCUT2D eigenvalue weighted by molar-refractivity contribution is 5.74. The van der Waals surface area contributed by atoms with Crippen LogP contribution in [-0.2, 0) is 6.42 Å². The molecule has 27 heavy (non-hydrogen) atoms. The average Bonchev–Trinajstić information content (AvgIpc) is 3.36. The number of fused-ring (bicyclic) bond motifs is 2. The zero-order valence-corrected chi connectivity index (χ0v) is 18.0. The molecule has 0 amide bonds. The Morgan fingerprint density at radius 1 is 1.07 bits per heavy atom. The molecule has 3 aliphatic carbocycles. The smallest absolute Gasteiger partial charge is 0.0796 e. The van der Waals surface area contributed by atoms with E-state index in [2.05, 4.69) is 52.0 Å². The number of aliphatic hydroxyl groups excluding tert-OH is 1. The molecular weight excluding hydrogens is 336 g/mol. The lowest BCUT2D eigenvalue weighted by Crippen LogP contribution is -1.97. The molecule has 5 N–H and O–H groups in total. The van der Waals surface area contributed by atoms with Gasteiger partial charge in [0.15, 0.2) is 0 Å². The van der Waals surface area contributed by atoms with Crippen LogP contribution in [0.5, 0.6) is 0 Å². The van der Waals surface area contributed by atoms with E-state index in [4.69, 9.17) is 0 Å². The van der Waals surface area contributed by atoms with E-state index in [0.717, 1.165) is 31.1 Å². The summed E-state index contributed by atoms with van der Waals surface area (Å²) in [6.07, 6.45) is 12.5. The highest BCUT2D eigenvalue weighted by Crippen LogP contribution is 2.43. The van der Waals surface area contributed by atoms with Gasteiger partial charge in [0.1, 0.15) is 0 Å². The standard InChI is InChI=1S/C18H20O.C4H10.C2H6.2H2O.H2/c1-11-15-7-8-18(19)17(15)10-14-4-2-3-13(9-16(11)14)12-5-6-12;1-4(2)3;1-2;;;/h2,4,9-10,12,18-19H,3,5-8H2,1H3;4H,1-3H3;1-2H3;2*1H2;1H. The summed E-state index contributed by atoms with van der Waals surface area (Å²) in [4.78, 5) is 0. The first-order valence-corrected chi connectivity index (χ1v) is 10.2. The van der Waals surface area contributed by atoms with E-state index >= 15 is 0 Å². The minimum Gasteiger partial charge on any atom is -0.412 e. The first-order valence-electron chi connectivity index (χ1n) is 10.2. The maximum atomic E-state index is 10.1. The molecule has 156 valence electrons. The molecule has 1 aromatic rings. The number of benzene rings is 1. The van der Waals surface area contributed by atoms with E-state index in [9.17, 15) is 5.11 Å². The topological polar surface area (TPSA) is 83.2 Å². The van der Waals surface area contributed by atoms with E-state index < -0.39 is 0 Å². The summed E-state index contributed by atoms with van der Waals surface area (Å²) in [6.45, 7) is 12.7. The largest absolute Gasteiger partial charge is 0.412 e. The molecule has 0 radical (unpaired) electrons. The van der Waals surface area contributed by atoms with Crippen LogP contribution >= 0.6 is 0 Å². The monoisotopic (exact) mass is 378 g/mol. The van der Waals surface area contributed by atoms with Crippen LogP contribution in [0.4, 0.5) is 0 Å². The SMILES string of the molecule is CC.CC(C)C.Cc1c2c(cc3c1CCC3O)C=CCC(C1CC1)=C2.O.O.[HH]. The van der Waals surface area contributed by atoms with Crippen LogP contribution in [0.3, 0.4) is 0 Å². The number of hydrogen-bond acceptors (Lipinski definition) is 1. The van der Waals surface area contributed by atoms with Crippen molar-refractivity contribution in [3.05, 3.63) is 45.5 Å². The highest BCUT2D eigenvalue weighted by atomic mass is 16.3. The van der Waals surface area contributed by atoms with Crippen LogP contribution in [0.2, 0.25) is 0 Å². The Hall–Kier alpha value is -1.42. The lowest BCUT2D eigenvalue weighted by atomic mass is 9.92. The Balaban J connectivity index is 0. The van der Waals surface area contributed by atoms with E-state index in [-0.39, 0.29) is 18.5 Å². The lowest BCUT2D eigenvalue weighted by Gasteiger charge is -2.13. The van der Waals surface area contributed by atoms with Crippen LogP contribution in [0.1, 0.15) is 95.6 Å². The Bertz CT molecular complexity index is 656. The average molecular weight is 379 g/mol. The Morgan fingerprint density at radius 2 is 1.67 bits per heavy atom. The normalized spacial score (nSPS) is 19.0. The second-order valence-electron chi connectivity index (χ2n) is 7.96. The van der Waals surface area contributed by atoms with Gasteiger partial charge in [-0.05, 0) is 84.7 Å². The van der Waals surface area contributed by atoms with Crippen molar-refractivity contribution in [2.75, 3.05) is 0 Å². The number of aliphatic hydroxyl groups is 1. The molecular formula is C24H42O3. The molecule has 1 unspecified atom stereocenters. The molecule has 4 rings (SSSR count). The molecule has 0 bridgehead atoms.